The van der Waals surface area contributed by atoms with Gasteiger partial charge in [-0.1, -0.05) is 18.2 Å². The van der Waals surface area contributed by atoms with E-state index in [4.69, 9.17) is 0 Å². The lowest BCUT2D eigenvalue weighted by Crippen LogP contribution is -2.37. The van der Waals surface area contributed by atoms with Crippen molar-refractivity contribution in [2.24, 2.45) is 0 Å². The Kier molecular flexibility index (Phi) is 4.75. The van der Waals surface area contributed by atoms with E-state index < -0.39 is 5.97 Å². The largest absolute Gasteiger partial charge is 0.478 e. The molecule has 1 unspecified atom stereocenters. The number of hydrogen-bond acceptors (Lipinski definition) is 3. The molecule has 0 spiro atoms. The fourth-order valence-electron chi connectivity index (χ4n) is 2.10. The third kappa shape index (κ3) is 3.49. The first-order valence-corrected chi connectivity index (χ1v) is 7.50. The number of aromatic carboxylic acids is 1. The van der Waals surface area contributed by atoms with Gasteiger partial charge in [0.25, 0.3) is 5.91 Å². The minimum Gasteiger partial charge on any atom is -0.478 e. The highest BCUT2D eigenvalue weighted by Crippen LogP contribution is 2.17. The molecule has 5 heteroatoms. The van der Waals surface area contributed by atoms with Crippen molar-refractivity contribution in [3.05, 3.63) is 57.8 Å². The Labute approximate surface area is 127 Å². The van der Waals surface area contributed by atoms with Gasteiger partial charge >= 0.3 is 5.97 Å². The second kappa shape index (κ2) is 6.54. The predicted molar refractivity (Wildman–Crippen MR) is 83.0 cm³/mol. The molecule has 2 rings (SSSR count). The number of likely N-dealkylation sites (N-methyl/N-ethyl adjacent to an activating group) is 1. The zero-order valence-corrected chi connectivity index (χ0v) is 12.8. The number of carbonyl (C=O) groups excluding carboxylic acids is 1. The van der Waals surface area contributed by atoms with Gasteiger partial charge in [0.2, 0.25) is 0 Å². The minimum absolute atomic E-state index is 0.00185. The molecule has 0 bridgehead atoms. The SMILES string of the molecule is CC(Cc1cccs1)N(C)C(=O)c1ccccc1C(=O)O. The number of benzene rings is 1. The lowest BCUT2D eigenvalue weighted by Gasteiger charge is -2.25. The first-order chi connectivity index (χ1) is 10.0. The van der Waals surface area contributed by atoms with Crippen molar-refractivity contribution in [1.82, 2.24) is 4.90 Å². The van der Waals surface area contributed by atoms with E-state index >= 15 is 0 Å². The Morgan fingerprint density at radius 3 is 2.43 bits per heavy atom. The molecule has 1 aromatic heterocycles. The average Bonchev–Trinajstić information content (AvgIpc) is 2.98. The van der Waals surface area contributed by atoms with Crippen LogP contribution < -0.4 is 0 Å². The summed E-state index contributed by atoms with van der Waals surface area (Å²) in [6, 6.07) is 10.3. The summed E-state index contributed by atoms with van der Waals surface area (Å²) in [4.78, 5) is 26.5. The van der Waals surface area contributed by atoms with E-state index in [-0.39, 0.29) is 23.1 Å². The molecule has 4 nitrogen and oxygen atoms in total. The van der Waals surface area contributed by atoms with Gasteiger partial charge in [-0.3, -0.25) is 4.79 Å². The molecule has 1 amide bonds. The maximum absolute atomic E-state index is 12.5. The lowest BCUT2D eigenvalue weighted by atomic mass is 10.1. The van der Waals surface area contributed by atoms with Crippen LogP contribution in [0.25, 0.3) is 0 Å². The third-order valence-corrected chi connectivity index (χ3v) is 4.34. The molecule has 1 heterocycles. The minimum atomic E-state index is -1.08. The number of nitrogens with zero attached hydrogens (tertiary/aromatic N) is 1. The highest BCUT2D eigenvalue weighted by molar-refractivity contribution is 7.09. The zero-order valence-electron chi connectivity index (χ0n) is 11.9. The van der Waals surface area contributed by atoms with Crippen LogP contribution in [0, 0.1) is 0 Å². The molecular formula is C16H17NO3S. The van der Waals surface area contributed by atoms with Gasteiger partial charge in [-0.05, 0) is 30.5 Å². The Balaban J connectivity index is 2.17. The normalized spacial score (nSPS) is 11.9. The molecule has 1 aromatic carbocycles. The van der Waals surface area contributed by atoms with Gasteiger partial charge in [0.1, 0.15) is 0 Å². The summed E-state index contributed by atoms with van der Waals surface area (Å²) in [5.74, 6) is -1.35. The third-order valence-electron chi connectivity index (χ3n) is 3.45. The van der Waals surface area contributed by atoms with Crippen LogP contribution in [0.4, 0.5) is 0 Å². The molecule has 0 aliphatic carbocycles. The number of amides is 1. The van der Waals surface area contributed by atoms with Crippen LogP contribution in [-0.2, 0) is 6.42 Å². The van der Waals surface area contributed by atoms with Crippen LogP contribution in [0.2, 0.25) is 0 Å². The van der Waals surface area contributed by atoms with Crippen molar-refractivity contribution < 1.29 is 14.7 Å². The molecule has 0 aliphatic rings. The Morgan fingerprint density at radius 1 is 1.19 bits per heavy atom. The standard InChI is InChI=1S/C16H17NO3S/c1-11(10-12-6-5-9-21-12)17(2)15(18)13-7-3-4-8-14(13)16(19)20/h3-9,11H,10H2,1-2H3,(H,19,20). The topological polar surface area (TPSA) is 57.6 Å². The van der Waals surface area contributed by atoms with Crippen LogP contribution in [0.15, 0.2) is 41.8 Å². The summed E-state index contributed by atoms with van der Waals surface area (Å²) in [7, 11) is 1.71. The van der Waals surface area contributed by atoms with Gasteiger partial charge < -0.3 is 10.0 Å². The van der Waals surface area contributed by atoms with Crippen molar-refractivity contribution in [2.45, 2.75) is 19.4 Å². The summed E-state index contributed by atoms with van der Waals surface area (Å²) in [6.07, 6.45) is 0.759. The van der Waals surface area contributed by atoms with E-state index in [1.807, 2.05) is 24.4 Å². The van der Waals surface area contributed by atoms with Crippen molar-refractivity contribution in [3.63, 3.8) is 0 Å². The number of rotatable bonds is 5. The van der Waals surface area contributed by atoms with Crippen LogP contribution in [0.5, 0.6) is 0 Å². The fourth-order valence-corrected chi connectivity index (χ4v) is 2.93. The number of thiophene rings is 1. The number of carboxylic acid groups (broad SMARTS) is 1. The summed E-state index contributed by atoms with van der Waals surface area (Å²) < 4.78 is 0. The summed E-state index contributed by atoms with van der Waals surface area (Å²) in [5, 5.41) is 11.2. The Hall–Kier alpha value is -2.14. The van der Waals surface area contributed by atoms with E-state index in [1.54, 1.807) is 41.5 Å². The lowest BCUT2D eigenvalue weighted by molar-refractivity contribution is 0.0672. The first-order valence-electron chi connectivity index (χ1n) is 6.62. The molecule has 0 saturated carbocycles. The maximum atomic E-state index is 12.5. The van der Waals surface area contributed by atoms with Gasteiger partial charge in [-0.2, -0.15) is 0 Å². The van der Waals surface area contributed by atoms with Crippen LogP contribution >= 0.6 is 11.3 Å². The fraction of sp³-hybridized carbons (Fsp3) is 0.250. The summed E-state index contributed by atoms with van der Waals surface area (Å²) in [5.41, 5.74) is 0.267. The highest BCUT2D eigenvalue weighted by atomic mass is 32.1. The zero-order chi connectivity index (χ0) is 15.4. The quantitative estimate of drug-likeness (QED) is 0.923. The molecule has 2 aromatic rings. The second-order valence-electron chi connectivity index (χ2n) is 4.90. The molecule has 0 fully saturated rings. The van der Waals surface area contributed by atoms with Gasteiger partial charge in [-0.25, -0.2) is 4.79 Å². The van der Waals surface area contributed by atoms with Crippen molar-refractivity contribution in [1.29, 1.82) is 0 Å². The van der Waals surface area contributed by atoms with E-state index in [2.05, 4.69) is 0 Å². The van der Waals surface area contributed by atoms with E-state index in [1.165, 1.54) is 10.9 Å². The van der Waals surface area contributed by atoms with Crippen molar-refractivity contribution in [3.8, 4) is 0 Å². The first kappa shape index (κ1) is 15.3. The van der Waals surface area contributed by atoms with Gasteiger partial charge in [0.05, 0.1) is 11.1 Å². The average molecular weight is 303 g/mol. The second-order valence-corrected chi connectivity index (χ2v) is 5.93. The summed E-state index contributed by atoms with van der Waals surface area (Å²) in [6.45, 7) is 1.96. The molecule has 0 radical (unpaired) electrons. The summed E-state index contributed by atoms with van der Waals surface area (Å²) >= 11 is 1.65. The van der Waals surface area contributed by atoms with Crippen LogP contribution in [-0.4, -0.2) is 35.0 Å². The van der Waals surface area contributed by atoms with E-state index in [9.17, 15) is 14.7 Å². The Bertz CT molecular complexity index is 637. The number of hydrogen-bond donors (Lipinski definition) is 1. The van der Waals surface area contributed by atoms with Crippen LogP contribution in [0.1, 0.15) is 32.5 Å². The monoisotopic (exact) mass is 303 g/mol. The highest BCUT2D eigenvalue weighted by Gasteiger charge is 2.22. The van der Waals surface area contributed by atoms with Gasteiger partial charge in [0, 0.05) is 24.4 Å². The number of carbonyl (C=O) groups is 2. The molecule has 1 atom stereocenters. The number of carboxylic acids is 1. The van der Waals surface area contributed by atoms with E-state index in [0.29, 0.717) is 0 Å². The molecule has 1 N–H and O–H groups in total. The van der Waals surface area contributed by atoms with Crippen LogP contribution in [0.3, 0.4) is 0 Å². The van der Waals surface area contributed by atoms with Crippen molar-refractivity contribution in [2.75, 3.05) is 7.05 Å². The smallest absolute Gasteiger partial charge is 0.336 e. The van der Waals surface area contributed by atoms with E-state index in [0.717, 1.165) is 6.42 Å². The molecule has 0 saturated heterocycles. The van der Waals surface area contributed by atoms with Gasteiger partial charge in [0.15, 0.2) is 0 Å². The molecular weight excluding hydrogens is 286 g/mol. The predicted octanol–water partition coefficient (Wildman–Crippen LogP) is 3.15. The van der Waals surface area contributed by atoms with Gasteiger partial charge in [-0.15, -0.1) is 11.3 Å². The molecule has 0 aliphatic heterocycles. The molecule has 21 heavy (non-hydrogen) atoms. The molecule has 110 valence electrons. The Morgan fingerprint density at radius 2 is 1.86 bits per heavy atom. The van der Waals surface area contributed by atoms with Crippen molar-refractivity contribution >= 4 is 23.2 Å². The maximum Gasteiger partial charge on any atom is 0.336 e.